The number of imidazole rings is 1. The van der Waals surface area contributed by atoms with Crippen LogP contribution in [0.3, 0.4) is 0 Å². The lowest BCUT2D eigenvalue weighted by Gasteiger charge is -2.24. The molecule has 1 aromatic heterocycles. The number of para-hydroxylation sites is 2. The standard InChI is InChI=1S/C19H26N4O2/c1-3-6-13(2)23-12-14(11-18(23)24)19(25)20-10-9-17-21-15-7-4-5-8-16(15)22-17/h4-5,7-8,13-14H,3,6,9-12H2,1-2H3,(H,20,25)(H,21,22)/t13-,14+/m1/s1. The number of likely N-dealkylation sites (tertiary alicyclic amines) is 1. The fraction of sp³-hybridized carbons (Fsp3) is 0.526. The molecule has 0 spiro atoms. The van der Waals surface area contributed by atoms with Crippen LogP contribution in [-0.2, 0) is 16.0 Å². The minimum Gasteiger partial charge on any atom is -0.355 e. The minimum absolute atomic E-state index is 0.0318. The second-order valence-corrected chi connectivity index (χ2v) is 6.83. The Morgan fingerprint density at radius 1 is 1.44 bits per heavy atom. The molecule has 0 bridgehead atoms. The third-order valence-electron chi connectivity index (χ3n) is 4.87. The van der Waals surface area contributed by atoms with Crippen LogP contribution in [0.4, 0.5) is 0 Å². The number of benzene rings is 1. The molecule has 1 saturated heterocycles. The summed E-state index contributed by atoms with van der Waals surface area (Å²) >= 11 is 0. The highest BCUT2D eigenvalue weighted by Gasteiger charge is 2.36. The molecule has 6 heteroatoms. The molecule has 2 atom stereocenters. The monoisotopic (exact) mass is 342 g/mol. The van der Waals surface area contributed by atoms with Crippen molar-refractivity contribution < 1.29 is 9.59 Å². The molecule has 2 N–H and O–H groups in total. The Kier molecular flexibility index (Phi) is 5.36. The lowest BCUT2D eigenvalue weighted by molar-refractivity contribution is -0.130. The molecule has 2 heterocycles. The fourth-order valence-corrected chi connectivity index (χ4v) is 3.48. The van der Waals surface area contributed by atoms with E-state index in [2.05, 4.69) is 29.1 Å². The van der Waals surface area contributed by atoms with Crippen LogP contribution in [0.1, 0.15) is 38.9 Å². The molecule has 0 unspecified atom stereocenters. The molecule has 2 aromatic rings. The highest BCUT2D eigenvalue weighted by atomic mass is 16.2. The van der Waals surface area contributed by atoms with E-state index in [0.717, 1.165) is 29.7 Å². The molecule has 2 amide bonds. The van der Waals surface area contributed by atoms with Crippen molar-refractivity contribution in [2.75, 3.05) is 13.1 Å². The molecular weight excluding hydrogens is 316 g/mol. The van der Waals surface area contributed by atoms with E-state index in [1.807, 2.05) is 29.2 Å². The second-order valence-electron chi connectivity index (χ2n) is 6.83. The molecule has 3 rings (SSSR count). The van der Waals surface area contributed by atoms with Gasteiger partial charge in [0.05, 0.1) is 17.0 Å². The van der Waals surface area contributed by atoms with Gasteiger partial charge in [0.25, 0.3) is 0 Å². The van der Waals surface area contributed by atoms with Gasteiger partial charge in [0.1, 0.15) is 5.82 Å². The quantitative estimate of drug-likeness (QED) is 0.810. The average Bonchev–Trinajstić information content (AvgIpc) is 3.18. The number of nitrogens with one attached hydrogen (secondary N) is 2. The topological polar surface area (TPSA) is 78.1 Å². The molecule has 1 aromatic carbocycles. The van der Waals surface area contributed by atoms with Crippen molar-refractivity contribution in [2.24, 2.45) is 5.92 Å². The Morgan fingerprint density at radius 3 is 3.00 bits per heavy atom. The maximum atomic E-state index is 12.4. The first-order valence-corrected chi connectivity index (χ1v) is 9.09. The van der Waals surface area contributed by atoms with Gasteiger partial charge in [-0.25, -0.2) is 4.98 Å². The number of carbonyl (C=O) groups is 2. The van der Waals surface area contributed by atoms with Gasteiger partial charge in [0.2, 0.25) is 11.8 Å². The Morgan fingerprint density at radius 2 is 2.24 bits per heavy atom. The third-order valence-corrected chi connectivity index (χ3v) is 4.87. The first-order valence-electron chi connectivity index (χ1n) is 9.09. The maximum absolute atomic E-state index is 12.4. The van der Waals surface area contributed by atoms with Crippen LogP contribution in [0.5, 0.6) is 0 Å². The number of aromatic nitrogens is 2. The maximum Gasteiger partial charge on any atom is 0.225 e. The van der Waals surface area contributed by atoms with Gasteiger partial charge < -0.3 is 15.2 Å². The van der Waals surface area contributed by atoms with Crippen LogP contribution in [0.25, 0.3) is 11.0 Å². The number of carbonyl (C=O) groups excluding carboxylic acids is 2. The number of rotatable bonds is 7. The summed E-state index contributed by atoms with van der Waals surface area (Å²) in [5.74, 6) is 0.693. The summed E-state index contributed by atoms with van der Waals surface area (Å²) < 4.78 is 0. The average molecular weight is 342 g/mol. The second kappa shape index (κ2) is 7.68. The molecule has 6 nitrogen and oxygen atoms in total. The summed E-state index contributed by atoms with van der Waals surface area (Å²) in [6, 6.07) is 8.09. The van der Waals surface area contributed by atoms with E-state index in [1.54, 1.807) is 0 Å². The summed E-state index contributed by atoms with van der Waals surface area (Å²) in [4.78, 5) is 34.1. The lowest BCUT2D eigenvalue weighted by atomic mass is 10.1. The highest BCUT2D eigenvalue weighted by Crippen LogP contribution is 2.22. The largest absolute Gasteiger partial charge is 0.355 e. The minimum atomic E-state index is -0.234. The van der Waals surface area contributed by atoms with Gasteiger partial charge >= 0.3 is 0 Å². The van der Waals surface area contributed by atoms with Crippen molar-refractivity contribution in [1.29, 1.82) is 0 Å². The van der Waals surface area contributed by atoms with Crippen molar-refractivity contribution >= 4 is 22.8 Å². The van der Waals surface area contributed by atoms with E-state index in [0.29, 0.717) is 25.9 Å². The number of H-pyrrole nitrogens is 1. The molecule has 1 aliphatic heterocycles. The first kappa shape index (κ1) is 17.5. The van der Waals surface area contributed by atoms with Crippen molar-refractivity contribution in [2.45, 2.75) is 45.6 Å². The van der Waals surface area contributed by atoms with Crippen LogP contribution in [0.15, 0.2) is 24.3 Å². The third kappa shape index (κ3) is 4.00. The molecule has 0 radical (unpaired) electrons. The highest BCUT2D eigenvalue weighted by molar-refractivity contribution is 5.89. The molecule has 25 heavy (non-hydrogen) atoms. The Bertz CT molecular complexity index is 722. The zero-order valence-electron chi connectivity index (χ0n) is 14.9. The van der Waals surface area contributed by atoms with Gasteiger partial charge in [-0.15, -0.1) is 0 Å². The van der Waals surface area contributed by atoms with Crippen LogP contribution in [0.2, 0.25) is 0 Å². The van der Waals surface area contributed by atoms with E-state index >= 15 is 0 Å². The summed E-state index contributed by atoms with van der Waals surface area (Å²) in [5, 5.41) is 2.95. The Hall–Kier alpha value is -2.37. The summed E-state index contributed by atoms with van der Waals surface area (Å²) in [6.07, 6.45) is 2.99. The molecule has 0 saturated carbocycles. The van der Waals surface area contributed by atoms with Gasteiger partial charge in [0.15, 0.2) is 0 Å². The van der Waals surface area contributed by atoms with E-state index < -0.39 is 0 Å². The summed E-state index contributed by atoms with van der Waals surface area (Å²) in [7, 11) is 0. The molecule has 1 aliphatic rings. The van der Waals surface area contributed by atoms with Crippen LogP contribution >= 0.6 is 0 Å². The van der Waals surface area contributed by atoms with E-state index in [9.17, 15) is 9.59 Å². The van der Waals surface area contributed by atoms with E-state index in [1.165, 1.54) is 0 Å². The number of nitrogens with zero attached hydrogens (tertiary/aromatic N) is 2. The predicted molar refractivity (Wildman–Crippen MR) is 97.0 cm³/mol. The van der Waals surface area contributed by atoms with Crippen LogP contribution in [0, 0.1) is 5.92 Å². The first-order chi connectivity index (χ1) is 12.1. The van der Waals surface area contributed by atoms with E-state index in [4.69, 9.17) is 0 Å². The van der Waals surface area contributed by atoms with Gasteiger partial charge in [-0.1, -0.05) is 25.5 Å². The molecular formula is C19H26N4O2. The summed E-state index contributed by atoms with van der Waals surface area (Å²) in [5.41, 5.74) is 1.94. The van der Waals surface area contributed by atoms with Crippen molar-refractivity contribution in [3.63, 3.8) is 0 Å². The van der Waals surface area contributed by atoms with Crippen LogP contribution < -0.4 is 5.32 Å². The Labute approximate surface area is 148 Å². The van der Waals surface area contributed by atoms with E-state index in [-0.39, 0.29) is 23.8 Å². The number of hydrogen-bond donors (Lipinski definition) is 2. The number of fused-ring (bicyclic) bond motifs is 1. The molecule has 1 fully saturated rings. The molecule has 134 valence electrons. The van der Waals surface area contributed by atoms with Gasteiger partial charge in [0, 0.05) is 32.0 Å². The zero-order valence-corrected chi connectivity index (χ0v) is 14.9. The van der Waals surface area contributed by atoms with Gasteiger partial charge in [-0.3, -0.25) is 9.59 Å². The molecule has 0 aliphatic carbocycles. The lowest BCUT2D eigenvalue weighted by Crippen LogP contribution is -2.37. The van der Waals surface area contributed by atoms with Gasteiger partial charge in [-0.2, -0.15) is 0 Å². The van der Waals surface area contributed by atoms with Crippen molar-refractivity contribution in [1.82, 2.24) is 20.2 Å². The number of amides is 2. The zero-order chi connectivity index (χ0) is 17.8. The van der Waals surface area contributed by atoms with Gasteiger partial charge in [-0.05, 0) is 25.5 Å². The number of aromatic amines is 1. The Balaban J connectivity index is 1.48. The summed E-state index contributed by atoms with van der Waals surface area (Å²) in [6.45, 7) is 5.23. The SMILES string of the molecule is CCC[C@@H](C)N1C[C@@H](C(=O)NCCc2nc3ccccc3[nH]2)CC1=O. The smallest absolute Gasteiger partial charge is 0.225 e. The number of hydrogen-bond acceptors (Lipinski definition) is 3. The fourth-order valence-electron chi connectivity index (χ4n) is 3.48. The van der Waals surface area contributed by atoms with Crippen molar-refractivity contribution in [3.8, 4) is 0 Å². The van der Waals surface area contributed by atoms with Crippen molar-refractivity contribution in [3.05, 3.63) is 30.1 Å². The normalized spacial score (nSPS) is 18.7. The van der Waals surface area contributed by atoms with Crippen LogP contribution in [-0.4, -0.2) is 45.8 Å². The predicted octanol–water partition coefficient (Wildman–Crippen LogP) is 2.26.